The van der Waals surface area contributed by atoms with E-state index >= 15 is 0 Å². The molecule has 0 fully saturated rings. The van der Waals surface area contributed by atoms with Crippen LogP contribution in [0.1, 0.15) is 5.56 Å². The van der Waals surface area contributed by atoms with E-state index in [2.05, 4.69) is 0 Å². The molecule has 7 heteroatoms. The molecule has 84 valence electrons. The van der Waals surface area contributed by atoms with Crippen LogP contribution in [0.5, 0.6) is 5.75 Å². The summed E-state index contributed by atoms with van der Waals surface area (Å²) in [4.78, 5) is -0.255. The second kappa shape index (κ2) is 6.83. The van der Waals surface area contributed by atoms with E-state index in [1.54, 1.807) is 13.0 Å². The van der Waals surface area contributed by atoms with Crippen molar-refractivity contribution in [3.8, 4) is 5.75 Å². The predicted octanol–water partition coefficient (Wildman–Crippen LogP) is -1.48. The topological polar surface area (TPSA) is 66.4 Å². The maximum absolute atomic E-state index is 10.8. The van der Waals surface area contributed by atoms with Crippen LogP contribution >= 0.6 is 11.6 Å². The Hall–Kier alpha value is 0.220. The summed E-state index contributed by atoms with van der Waals surface area (Å²) in [5, 5.41) is 0. The number of benzene rings is 1. The third-order valence-corrected chi connectivity index (χ3v) is 2.91. The van der Waals surface area contributed by atoms with Crippen LogP contribution in [0.2, 0.25) is 0 Å². The molecule has 0 heterocycles. The Morgan fingerprint density at radius 3 is 2.56 bits per heavy atom. The van der Waals surface area contributed by atoms with Gasteiger partial charge in [-0.1, -0.05) is 6.07 Å². The molecule has 0 aromatic heterocycles. The van der Waals surface area contributed by atoms with Gasteiger partial charge in [0.05, 0.1) is 10.8 Å². The van der Waals surface area contributed by atoms with Crippen LogP contribution in [0.15, 0.2) is 23.1 Å². The van der Waals surface area contributed by atoms with Crippen molar-refractivity contribution in [2.45, 2.75) is 11.8 Å². The van der Waals surface area contributed by atoms with Gasteiger partial charge in [-0.25, -0.2) is 8.42 Å². The Labute approximate surface area is 122 Å². The third kappa shape index (κ3) is 4.61. The first-order valence-electron chi connectivity index (χ1n) is 4.20. The molecule has 0 aliphatic rings. The molecule has 16 heavy (non-hydrogen) atoms. The van der Waals surface area contributed by atoms with Crippen LogP contribution < -0.4 is 34.3 Å². The largest absolute Gasteiger partial charge is 1.00 e. The number of hydrogen-bond acceptors (Lipinski definition) is 4. The molecular formula is C9H10ClNaO4S. The van der Waals surface area contributed by atoms with Gasteiger partial charge in [0.1, 0.15) is 22.5 Å². The molecule has 1 aromatic rings. The first-order valence-corrected chi connectivity index (χ1v) is 6.14. The van der Waals surface area contributed by atoms with Crippen LogP contribution in [-0.4, -0.2) is 25.5 Å². The van der Waals surface area contributed by atoms with Crippen LogP contribution in [0.25, 0.3) is 0 Å². The van der Waals surface area contributed by atoms with Crippen molar-refractivity contribution in [3.63, 3.8) is 0 Å². The van der Waals surface area contributed by atoms with E-state index in [1.165, 1.54) is 12.1 Å². The van der Waals surface area contributed by atoms with Gasteiger partial charge in [0, 0.05) is 0 Å². The average Bonchev–Trinajstić information content (AvgIpc) is 2.15. The third-order valence-electron chi connectivity index (χ3n) is 1.77. The van der Waals surface area contributed by atoms with E-state index in [-0.39, 0.29) is 41.1 Å². The summed E-state index contributed by atoms with van der Waals surface area (Å²) < 4.78 is 37.6. The molecule has 0 radical (unpaired) electrons. The molecule has 0 N–H and O–H groups in total. The van der Waals surface area contributed by atoms with E-state index < -0.39 is 10.1 Å². The minimum atomic E-state index is -4.44. The minimum Gasteiger partial charge on any atom is -0.744 e. The minimum absolute atomic E-state index is 0. The zero-order valence-electron chi connectivity index (χ0n) is 9.07. The van der Waals surface area contributed by atoms with Crippen molar-refractivity contribution >= 4 is 21.7 Å². The second-order valence-corrected chi connectivity index (χ2v) is 4.64. The molecule has 0 spiro atoms. The number of rotatable bonds is 4. The van der Waals surface area contributed by atoms with E-state index in [0.717, 1.165) is 0 Å². The van der Waals surface area contributed by atoms with Gasteiger partial charge in [0.25, 0.3) is 0 Å². The van der Waals surface area contributed by atoms with Gasteiger partial charge in [0.2, 0.25) is 0 Å². The smallest absolute Gasteiger partial charge is 0.744 e. The Morgan fingerprint density at radius 2 is 2.06 bits per heavy atom. The molecule has 0 aliphatic carbocycles. The van der Waals surface area contributed by atoms with Gasteiger partial charge in [-0.2, -0.15) is 0 Å². The zero-order chi connectivity index (χ0) is 11.5. The molecule has 0 atom stereocenters. The quantitative estimate of drug-likeness (QED) is 0.381. The summed E-state index contributed by atoms with van der Waals surface area (Å²) in [5.41, 5.74) is 0.406. The van der Waals surface area contributed by atoms with Crippen LogP contribution in [-0.2, 0) is 10.1 Å². The van der Waals surface area contributed by atoms with Crippen molar-refractivity contribution in [3.05, 3.63) is 23.8 Å². The van der Waals surface area contributed by atoms with E-state index in [0.29, 0.717) is 17.2 Å². The van der Waals surface area contributed by atoms with Gasteiger partial charge in [0.15, 0.2) is 0 Å². The molecule has 1 rings (SSSR count). The molecule has 1 aromatic carbocycles. The number of halogens is 1. The number of alkyl halides is 1. The van der Waals surface area contributed by atoms with Crippen molar-refractivity contribution in [2.24, 2.45) is 0 Å². The Balaban J connectivity index is 0.00000225. The van der Waals surface area contributed by atoms with Crippen LogP contribution in [0.3, 0.4) is 0 Å². The first kappa shape index (κ1) is 16.2. The van der Waals surface area contributed by atoms with Crippen LogP contribution in [0.4, 0.5) is 0 Å². The van der Waals surface area contributed by atoms with Crippen molar-refractivity contribution < 1.29 is 47.3 Å². The summed E-state index contributed by atoms with van der Waals surface area (Å²) in [6, 6.07) is 4.33. The summed E-state index contributed by atoms with van der Waals surface area (Å²) in [7, 11) is -4.44. The van der Waals surface area contributed by atoms with Gasteiger partial charge in [-0.05, 0) is 24.6 Å². The molecule has 0 amide bonds. The normalized spacial score (nSPS) is 10.7. The summed E-state index contributed by atoms with van der Waals surface area (Å²) >= 11 is 5.41. The maximum atomic E-state index is 10.8. The van der Waals surface area contributed by atoms with E-state index in [1.807, 2.05) is 0 Å². The summed E-state index contributed by atoms with van der Waals surface area (Å²) in [5.74, 6) is 0.628. The van der Waals surface area contributed by atoms with Gasteiger partial charge in [-0.3, -0.25) is 0 Å². The molecule has 0 unspecified atom stereocenters. The number of ether oxygens (including phenoxy) is 1. The Kier molecular flexibility index (Phi) is 6.93. The average molecular weight is 273 g/mol. The molecule has 0 bridgehead atoms. The molecular weight excluding hydrogens is 263 g/mol. The zero-order valence-corrected chi connectivity index (χ0v) is 12.6. The molecule has 0 saturated heterocycles. The molecule has 0 aliphatic heterocycles. The van der Waals surface area contributed by atoms with E-state index in [9.17, 15) is 13.0 Å². The van der Waals surface area contributed by atoms with Gasteiger partial charge >= 0.3 is 29.6 Å². The fraction of sp³-hybridized carbons (Fsp3) is 0.333. The van der Waals surface area contributed by atoms with Crippen LogP contribution in [0, 0.1) is 6.92 Å². The van der Waals surface area contributed by atoms with Gasteiger partial charge in [-0.15, -0.1) is 11.6 Å². The first-order chi connectivity index (χ1) is 6.95. The maximum Gasteiger partial charge on any atom is 1.00 e. The standard InChI is InChI=1S/C9H11ClO4S.Na/c1-7-2-3-8(14-5-4-10)6-9(7)15(11,12)13;/h2-3,6H,4-5H2,1H3,(H,11,12,13);/q;+1/p-1. The number of hydrogen-bond donors (Lipinski definition) is 0. The SMILES string of the molecule is Cc1ccc(OCCCl)cc1S(=O)(=O)[O-].[Na+]. The molecule has 4 nitrogen and oxygen atoms in total. The van der Waals surface area contributed by atoms with Crippen molar-refractivity contribution in [1.29, 1.82) is 0 Å². The summed E-state index contributed by atoms with van der Waals surface area (Å²) in [6.07, 6.45) is 0. The Morgan fingerprint density at radius 1 is 1.44 bits per heavy atom. The Bertz CT molecular complexity index is 447. The summed E-state index contributed by atoms with van der Waals surface area (Å²) in [6.45, 7) is 1.82. The monoisotopic (exact) mass is 272 g/mol. The van der Waals surface area contributed by atoms with Crippen molar-refractivity contribution in [1.82, 2.24) is 0 Å². The predicted molar refractivity (Wildman–Crippen MR) is 55.4 cm³/mol. The van der Waals surface area contributed by atoms with Crippen molar-refractivity contribution in [2.75, 3.05) is 12.5 Å². The van der Waals surface area contributed by atoms with E-state index in [4.69, 9.17) is 16.3 Å². The van der Waals surface area contributed by atoms with Gasteiger partial charge < -0.3 is 9.29 Å². The molecule has 0 saturated carbocycles. The second-order valence-electron chi connectivity index (χ2n) is 2.92. The fourth-order valence-electron chi connectivity index (χ4n) is 1.10. The number of aryl methyl sites for hydroxylation is 1. The fourth-order valence-corrected chi connectivity index (χ4v) is 1.90.